The van der Waals surface area contributed by atoms with E-state index in [-0.39, 0.29) is 5.91 Å². The summed E-state index contributed by atoms with van der Waals surface area (Å²) in [7, 11) is 3.86. The molecule has 1 N–H and O–H groups in total. The van der Waals surface area contributed by atoms with E-state index < -0.39 is 0 Å². The van der Waals surface area contributed by atoms with Crippen molar-refractivity contribution in [3.05, 3.63) is 57.9 Å². The van der Waals surface area contributed by atoms with Gasteiger partial charge in [-0.15, -0.1) is 0 Å². The van der Waals surface area contributed by atoms with E-state index in [1.165, 1.54) is 11.6 Å². The van der Waals surface area contributed by atoms with E-state index in [0.29, 0.717) is 11.7 Å². The van der Waals surface area contributed by atoms with Crippen molar-refractivity contribution in [1.29, 1.82) is 0 Å². The molecule has 0 unspecified atom stereocenters. The Morgan fingerprint density at radius 2 is 2.12 bits per heavy atom. The summed E-state index contributed by atoms with van der Waals surface area (Å²) in [6.45, 7) is 6.39. The van der Waals surface area contributed by atoms with Crippen LogP contribution in [-0.4, -0.2) is 34.2 Å². The number of halogens is 1. The topological polar surface area (TPSA) is 50.2 Å². The zero-order valence-electron chi connectivity index (χ0n) is 15.2. The molecule has 1 aromatic carbocycles. The minimum atomic E-state index is -0.157. The van der Waals surface area contributed by atoms with Gasteiger partial charge in [-0.2, -0.15) is 5.10 Å². The van der Waals surface area contributed by atoms with Crippen molar-refractivity contribution in [2.45, 2.75) is 26.9 Å². The predicted molar refractivity (Wildman–Crippen MR) is 102 cm³/mol. The van der Waals surface area contributed by atoms with Crippen molar-refractivity contribution in [1.82, 2.24) is 20.0 Å². The maximum absolute atomic E-state index is 12.1. The van der Waals surface area contributed by atoms with Crippen LogP contribution in [0.2, 0.25) is 5.15 Å². The summed E-state index contributed by atoms with van der Waals surface area (Å²) in [6.07, 6.45) is 3.19. The molecule has 0 saturated heterocycles. The number of amides is 1. The highest BCUT2D eigenvalue weighted by molar-refractivity contribution is 6.31. The molecule has 2 aromatic rings. The molecule has 2 rings (SSSR count). The summed E-state index contributed by atoms with van der Waals surface area (Å²) in [5.74, 6) is -0.157. The first-order valence-corrected chi connectivity index (χ1v) is 8.69. The molecule has 0 spiro atoms. The second kappa shape index (κ2) is 8.83. The lowest BCUT2D eigenvalue weighted by molar-refractivity contribution is -0.116. The fourth-order valence-corrected chi connectivity index (χ4v) is 2.74. The van der Waals surface area contributed by atoms with E-state index in [2.05, 4.69) is 41.4 Å². The Bertz CT molecular complexity index is 767. The molecule has 25 heavy (non-hydrogen) atoms. The smallest absolute Gasteiger partial charge is 0.244 e. The fourth-order valence-electron chi connectivity index (χ4n) is 2.50. The van der Waals surface area contributed by atoms with Gasteiger partial charge in [-0.1, -0.05) is 42.8 Å². The molecule has 0 radical (unpaired) electrons. The first-order chi connectivity index (χ1) is 11.9. The molecule has 5 nitrogen and oxygen atoms in total. The summed E-state index contributed by atoms with van der Waals surface area (Å²) in [4.78, 5) is 14.3. The van der Waals surface area contributed by atoms with E-state index in [1.807, 2.05) is 19.1 Å². The van der Waals surface area contributed by atoms with Gasteiger partial charge >= 0.3 is 0 Å². The molecule has 134 valence electrons. The van der Waals surface area contributed by atoms with Gasteiger partial charge in [0.05, 0.1) is 5.69 Å². The molecule has 0 saturated carbocycles. The molecular formula is C19H25ClN4O. The third-order valence-electron chi connectivity index (χ3n) is 4.05. The highest BCUT2D eigenvalue weighted by Gasteiger charge is 2.08. The summed E-state index contributed by atoms with van der Waals surface area (Å²) >= 11 is 6.15. The number of hydrogen-bond acceptors (Lipinski definition) is 3. The lowest BCUT2D eigenvalue weighted by Crippen LogP contribution is -2.20. The van der Waals surface area contributed by atoms with Crippen LogP contribution in [0.5, 0.6) is 0 Å². The SMILES string of the molecule is CCN(C)Cc1cccc(CNC(=O)/C=C/c2c(C)nn(C)c2Cl)c1. The average molecular weight is 361 g/mol. The lowest BCUT2D eigenvalue weighted by Gasteiger charge is -2.14. The molecular weight excluding hydrogens is 336 g/mol. The van der Waals surface area contributed by atoms with E-state index in [0.717, 1.165) is 29.9 Å². The van der Waals surface area contributed by atoms with Gasteiger partial charge in [0.2, 0.25) is 5.91 Å². The van der Waals surface area contributed by atoms with Gasteiger partial charge in [-0.25, -0.2) is 0 Å². The van der Waals surface area contributed by atoms with Crippen LogP contribution in [0.25, 0.3) is 6.08 Å². The van der Waals surface area contributed by atoms with Crippen molar-refractivity contribution < 1.29 is 4.79 Å². The molecule has 1 amide bonds. The number of aryl methyl sites for hydroxylation is 2. The summed E-state index contributed by atoms with van der Waals surface area (Å²) < 4.78 is 1.59. The number of aromatic nitrogens is 2. The van der Waals surface area contributed by atoms with Crippen LogP contribution in [0.15, 0.2) is 30.3 Å². The van der Waals surface area contributed by atoms with Crippen LogP contribution in [0.3, 0.4) is 0 Å². The molecule has 0 aliphatic carbocycles. The van der Waals surface area contributed by atoms with Crippen LogP contribution in [0.1, 0.15) is 29.3 Å². The Hall–Kier alpha value is -2.11. The van der Waals surface area contributed by atoms with Gasteiger partial charge in [0.1, 0.15) is 5.15 Å². The van der Waals surface area contributed by atoms with Gasteiger partial charge in [-0.05, 0) is 37.7 Å². The number of nitrogens with one attached hydrogen (secondary N) is 1. The zero-order valence-corrected chi connectivity index (χ0v) is 16.0. The quantitative estimate of drug-likeness (QED) is 0.771. The molecule has 0 atom stereocenters. The Morgan fingerprint density at radius 3 is 2.76 bits per heavy atom. The Balaban J connectivity index is 1.93. The van der Waals surface area contributed by atoms with Crippen LogP contribution in [-0.2, 0) is 24.9 Å². The van der Waals surface area contributed by atoms with Crippen molar-refractivity contribution in [2.24, 2.45) is 7.05 Å². The summed E-state index contributed by atoms with van der Waals surface area (Å²) in [6, 6.07) is 8.26. The number of hydrogen-bond donors (Lipinski definition) is 1. The number of nitrogens with zero attached hydrogens (tertiary/aromatic N) is 3. The number of benzene rings is 1. The van der Waals surface area contributed by atoms with Gasteiger partial charge in [0, 0.05) is 31.8 Å². The largest absolute Gasteiger partial charge is 0.348 e. The summed E-state index contributed by atoms with van der Waals surface area (Å²) in [5.41, 5.74) is 3.89. The van der Waals surface area contributed by atoms with Crippen molar-refractivity contribution in [3.8, 4) is 0 Å². The van der Waals surface area contributed by atoms with Gasteiger partial charge in [0.25, 0.3) is 0 Å². The molecule has 0 aliphatic heterocycles. The average Bonchev–Trinajstić information content (AvgIpc) is 2.83. The standard InChI is InChI=1S/C19H25ClN4O/c1-5-23(3)13-16-8-6-7-15(11-16)12-21-18(25)10-9-17-14(2)22-24(4)19(17)20/h6-11H,5,12-13H2,1-4H3,(H,21,25)/b10-9+. The van der Waals surface area contributed by atoms with E-state index in [9.17, 15) is 4.79 Å². The van der Waals surface area contributed by atoms with E-state index in [1.54, 1.807) is 17.8 Å². The molecule has 0 aliphatic rings. The zero-order chi connectivity index (χ0) is 18.4. The number of carbonyl (C=O) groups is 1. The van der Waals surface area contributed by atoms with Crippen molar-refractivity contribution in [2.75, 3.05) is 13.6 Å². The molecule has 0 fully saturated rings. The van der Waals surface area contributed by atoms with Gasteiger partial charge < -0.3 is 10.2 Å². The molecule has 1 heterocycles. The van der Waals surface area contributed by atoms with E-state index in [4.69, 9.17) is 11.6 Å². The maximum Gasteiger partial charge on any atom is 0.244 e. The number of carbonyl (C=O) groups excluding carboxylic acids is 1. The monoisotopic (exact) mass is 360 g/mol. The molecule has 1 aromatic heterocycles. The summed E-state index contributed by atoms with van der Waals surface area (Å²) in [5, 5.41) is 7.64. The Kier molecular flexibility index (Phi) is 6.79. The van der Waals surface area contributed by atoms with Crippen LogP contribution in [0.4, 0.5) is 0 Å². The second-order valence-corrected chi connectivity index (χ2v) is 6.47. The Labute approximate surface area is 154 Å². The van der Waals surface area contributed by atoms with Crippen LogP contribution in [0, 0.1) is 6.92 Å². The number of rotatable bonds is 7. The van der Waals surface area contributed by atoms with E-state index >= 15 is 0 Å². The van der Waals surface area contributed by atoms with Crippen molar-refractivity contribution >= 4 is 23.6 Å². The van der Waals surface area contributed by atoms with Gasteiger partial charge in [0.15, 0.2) is 0 Å². The minimum Gasteiger partial charge on any atom is -0.348 e. The third-order valence-corrected chi connectivity index (χ3v) is 4.50. The lowest BCUT2D eigenvalue weighted by atomic mass is 10.1. The molecule has 0 bridgehead atoms. The third kappa shape index (κ3) is 5.44. The van der Waals surface area contributed by atoms with Gasteiger partial charge in [-0.3, -0.25) is 9.48 Å². The highest BCUT2D eigenvalue weighted by Crippen LogP contribution is 2.19. The predicted octanol–water partition coefficient (Wildman–Crippen LogP) is 3.16. The van der Waals surface area contributed by atoms with Crippen molar-refractivity contribution in [3.63, 3.8) is 0 Å². The first-order valence-electron chi connectivity index (χ1n) is 8.32. The van der Waals surface area contributed by atoms with Crippen LogP contribution < -0.4 is 5.32 Å². The second-order valence-electron chi connectivity index (χ2n) is 6.11. The highest BCUT2D eigenvalue weighted by atomic mass is 35.5. The fraction of sp³-hybridized carbons (Fsp3) is 0.368. The van der Waals surface area contributed by atoms with Crippen LogP contribution >= 0.6 is 11.6 Å². The first kappa shape index (κ1) is 19.2. The maximum atomic E-state index is 12.1. The Morgan fingerprint density at radius 1 is 1.40 bits per heavy atom. The minimum absolute atomic E-state index is 0.157. The normalized spacial score (nSPS) is 11.4. The molecule has 6 heteroatoms.